The third-order valence-corrected chi connectivity index (χ3v) is 2.62. The van der Waals surface area contributed by atoms with Gasteiger partial charge in [-0.2, -0.15) is 5.10 Å². The predicted octanol–water partition coefficient (Wildman–Crippen LogP) is 2.98. The highest BCUT2D eigenvalue weighted by Crippen LogP contribution is 2.10. The number of aromatic nitrogens is 1. The Morgan fingerprint density at radius 2 is 2.13 bits per heavy atom. The molecule has 1 aromatic heterocycles. The highest BCUT2D eigenvalue weighted by Gasteiger charge is 1.96. The predicted molar refractivity (Wildman–Crippen MR) is 64.4 cm³/mol. The van der Waals surface area contributed by atoms with E-state index >= 15 is 0 Å². The van der Waals surface area contributed by atoms with E-state index < -0.39 is 0 Å². The maximum atomic E-state index is 4.25. The minimum absolute atomic E-state index is 0.810. The lowest BCUT2D eigenvalue weighted by Crippen LogP contribution is -1.98. The van der Waals surface area contributed by atoms with E-state index in [1.165, 1.54) is 11.3 Å². The van der Waals surface area contributed by atoms with Gasteiger partial charge in [-0.15, -0.1) is 11.3 Å². The van der Waals surface area contributed by atoms with Crippen LogP contribution in [0.15, 0.2) is 47.0 Å². The van der Waals surface area contributed by atoms with Crippen LogP contribution in [-0.4, -0.2) is 10.7 Å². The number of anilines is 1. The van der Waals surface area contributed by atoms with Crippen molar-refractivity contribution < 1.29 is 0 Å². The van der Waals surface area contributed by atoms with E-state index in [-0.39, 0.29) is 0 Å². The van der Waals surface area contributed by atoms with Gasteiger partial charge in [-0.1, -0.05) is 30.3 Å². The third-order valence-electron chi connectivity index (χ3n) is 1.94. The first-order valence-corrected chi connectivity index (χ1v) is 5.49. The number of nitrogens with zero attached hydrogens (tertiary/aromatic N) is 2. The van der Waals surface area contributed by atoms with Crippen LogP contribution in [-0.2, 0) is 0 Å². The molecule has 0 aliphatic heterocycles. The molecule has 76 valence electrons. The van der Waals surface area contributed by atoms with Crippen LogP contribution in [0, 0.1) is 0 Å². The van der Waals surface area contributed by atoms with Crippen LogP contribution >= 0.6 is 11.3 Å². The normalized spacial score (nSPS) is 11.4. The SMILES string of the molecule is C/C(=N/Nc1nccs1)c1ccccc1. The minimum Gasteiger partial charge on any atom is -0.252 e. The van der Waals surface area contributed by atoms with Gasteiger partial charge >= 0.3 is 0 Å². The molecule has 1 N–H and O–H groups in total. The quantitative estimate of drug-likeness (QED) is 0.634. The topological polar surface area (TPSA) is 37.3 Å². The van der Waals surface area contributed by atoms with Gasteiger partial charge in [0.2, 0.25) is 5.13 Å². The molecule has 1 aromatic carbocycles. The largest absolute Gasteiger partial charge is 0.252 e. The number of rotatable bonds is 3. The fourth-order valence-corrected chi connectivity index (χ4v) is 1.62. The molecule has 15 heavy (non-hydrogen) atoms. The number of nitrogens with one attached hydrogen (secondary N) is 1. The zero-order valence-electron chi connectivity index (χ0n) is 8.34. The lowest BCUT2D eigenvalue weighted by atomic mass is 10.1. The summed E-state index contributed by atoms with van der Waals surface area (Å²) >= 11 is 1.53. The van der Waals surface area contributed by atoms with E-state index in [0.29, 0.717) is 0 Å². The molecule has 0 aliphatic rings. The number of hydrogen-bond donors (Lipinski definition) is 1. The number of thiazole rings is 1. The number of benzene rings is 1. The molecule has 0 amide bonds. The van der Waals surface area contributed by atoms with Crippen molar-refractivity contribution in [2.24, 2.45) is 5.10 Å². The lowest BCUT2D eigenvalue weighted by molar-refractivity contribution is 1.27. The second-order valence-electron chi connectivity index (χ2n) is 3.01. The van der Waals surface area contributed by atoms with Crippen molar-refractivity contribution in [3.8, 4) is 0 Å². The van der Waals surface area contributed by atoms with Crippen LogP contribution in [0.1, 0.15) is 12.5 Å². The van der Waals surface area contributed by atoms with E-state index in [1.54, 1.807) is 6.20 Å². The van der Waals surface area contributed by atoms with Crippen LogP contribution < -0.4 is 5.43 Å². The summed E-state index contributed by atoms with van der Waals surface area (Å²) in [7, 11) is 0. The second kappa shape index (κ2) is 4.70. The molecule has 1 heterocycles. The summed E-state index contributed by atoms with van der Waals surface area (Å²) in [5.74, 6) is 0. The van der Waals surface area contributed by atoms with Crippen molar-refractivity contribution >= 4 is 22.2 Å². The Morgan fingerprint density at radius 3 is 2.80 bits per heavy atom. The summed E-state index contributed by atoms with van der Waals surface area (Å²) in [4.78, 5) is 4.08. The molecule has 2 rings (SSSR count). The molecule has 0 unspecified atom stereocenters. The monoisotopic (exact) mass is 217 g/mol. The molecule has 2 aromatic rings. The smallest absolute Gasteiger partial charge is 0.203 e. The standard InChI is InChI=1S/C11H11N3S/c1-9(10-5-3-2-4-6-10)13-14-11-12-7-8-15-11/h2-8H,1H3,(H,12,14)/b13-9-. The Balaban J connectivity index is 2.08. The summed E-state index contributed by atoms with van der Waals surface area (Å²) < 4.78 is 0. The summed E-state index contributed by atoms with van der Waals surface area (Å²) in [5, 5.41) is 6.97. The molecular weight excluding hydrogens is 206 g/mol. The van der Waals surface area contributed by atoms with Crippen molar-refractivity contribution in [2.45, 2.75) is 6.92 Å². The maximum Gasteiger partial charge on any atom is 0.203 e. The maximum absolute atomic E-state index is 4.25. The van der Waals surface area contributed by atoms with Crippen molar-refractivity contribution in [2.75, 3.05) is 5.43 Å². The average Bonchev–Trinajstić information content (AvgIpc) is 2.80. The van der Waals surface area contributed by atoms with Gasteiger partial charge < -0.3 is 0 Å². The van der Waals surface area contributed by atoms with Crippen molar-refractivity contribution in [3.63, 3.8) is 0 Å². The highest BCUT2D eigenvalue weighted by molar-refractivity contribution is 7.13. The van der Waals surface area contributed by atoms with Crippen molar-refractivity contribution in [1.29, 1.82) is 0 Å². The van der Waals surface area contributed by atoms with E-state index in [0.717, 1.165) is 16.4 Å². The zero-order chi connectivity index (χ0) is 10.5. The van der Waals surface area contributed by atoms with Crippen molar-refractivity contribution in [1.82, 2.24) is 4.98 Å². The Labute approximate surface area is 92.5 Å². The fourth-order valence-electron chi connectivity index (χ4n) is 1.15. The Morgan fingerprint density at radius 1 is 1.33 bits per heavy atom. The van der Waals surface area contributed by atoms with E-state index in [4.69, 9.17) is 0 Å². The summed E-state index contributed by atoms with van der Waals surface area (Å²) in [6.07, 6.45) is 1.75. The van der Waals surface area contributed by atoms with Crippen LogP contribution in [0.4, 0.5) is 5.13 Å². The van der Waals surface area contributed by atoms with Crippen LogP contribution in [0.2, 0.25) is 0 Å². The molecule has 0 saturated heterocycles. The first-order valence-electron chi connectivity index (χ1n) is 4.61. The fraction of sp³-hybridized carbons (Fsp3) is 0.0909. The molecule has 3 nitrogen and oxygen atoms in total. The van der Waals surface area contributed by atoms with Gasteiger partial charge in [-0.25, -0.2) is 4.98 Å². The molecule has 4 heteroatoms. The van der Waals surface area contributed by atoms with E-state index in [9.17, 15) is 0 Å². The third kappa shape index (κ3) is 2.63. The number of hydrogen-bond acceptors (Lipinski definition) is 4. The summed E-state index contributed by atoms with van der Waals surface area (Å²) in [5.41, 5.74) is 4.98. The first-order chi connectivity index (χ1) is 7.36. The van der Waals surface area contributed by atoms with Crippen LogP contribution in [0.5, 0.6) is 0 Å². The number of hydrazone groups is 1. The lowest BCUT2D eigenvalue weighted by Gasteiger charge is -2.00. The molecule has 0 atom stereocenters. The van der Waals surface area contributed by atoms with Gasteiger partial charge in [0.25, 0.3) is 0 Å². The molecular formula is C11H11N3S. The van der Waals surface area contributed by atoms with Crippen LogP contribution in [0.25, 0.3) is 0 Å². The molecule has 0 fully saturated rings. The summed E-state index contributed by atoms with van der Waals surface area (Å²) in [6, 6.07) is 10.0. The Hall–Kier alpha value is -1.68. The van der Waals surface area contributed by atoms with Gasteiger partial charge in [0.05, 0.1) is 5.71 Å². The molecule has 0 bridgehead atoms. The first kappa shape index (κ1) is 9.86. The average molecular weight is 217 g/mol. The Bertz CT molecular complexity index is 434. The van der Waals surface area contributed by atoms with Crippen LogP contribution in [0.3, 0.4) is 0 Å². The molecule has 0 saturated carbocycles. The van der Waals surface area contributed by atoms with Gasteiger partial charge in [0.15, 0.2) is 0 Å². The van der Waals surface area contributed by atoms with Gasteiger partial charge in [-0.05, 0) is 12.5 Å². The molecule has 0 spiro atoms. The van der Waals surface area contributed by atoms with Gasteiger partial charge in [0.1, 0.15) is 0 Å². The summed E-state index contributed by atoms with van der Waals surface area (Å²) in [6.45, 7) is 1.97. The van der Waals surface area contributed by atoms with E-state index in [1.807, 2.05) is 42.6 Å². The highest BCUT2D eigenvalue weighted by atomic mass is 32.1. The Kier molecular flexibility index (Phi) is 3.09. The molecule has 0 radical (unpaired) electrons. The molecule has 0 aliphatic carbocycles. The minimum atomic E-state index is 0.810. The van der Waals surface area contributed by atoms with Gasteiger partial charge in [-0.3, -0.25) is 5.43 Å². The van der Waals surface area contributed by atoms with Gasteiger partial charge in [0, 0.05) is 11.6 Å². The van der Waals surface area contributed by atoms with E-state index in [2.05, 4.69) is 15.5 Å². The van der Waals surface area contributed by atoms with Crippen molar-refractivity contribution in [3.05, 3.63) is 47.5 Å². The second-order valence-corrected chi connectivity index (χ2v) is 3.91. The zero-order valence-corrected chi connectivity index (χ0v) is 9.16.